The molecular weight excluding hydrogens is 341 g/mol. The zero-order valence-electron chi connectivity index (χ0n) is 10.1. The molecule has 0 radical (unpaired) electrons. The molecular formula is C14H16INO2. The van der Waals surface area contributed by atoms with Crippen LogP contribution in [0.3, 0.4) is 0 Å². The number of halogens is 1. The number of hydrogen-bond acceptors (Lipinski definition) is 2. The largest absolute Gasteiger partial charge is 0.507 e. The fourth-order valence-corrected chi connectivity index (χ4v) is 2.58. The summed E-state index contributed by atoms with van der Waals surface area (Å²) < 4.78 is 0.939. The van der Waals surface area contributed by atoms with E-state index in [4.69, 9.17) is 0 Å². The van der Waals surface area contributed by atoms with E-state index in [9.17, 15) is 9.90 Å². The number of rotatable bonds is 4. The predicted molar refractivity (Wildman–Crippen MR) is 79.7 cm³/mol. The van der Waals surface area contributed by atoms with Crippen LogP contribution < -0.4 is 5.32 Å². The molecule has 0 saturated heterocycles. The van der Waals surface area contributed by atoms with Gasteiger partial charge in [-0.3, -0.25) is 4.79 Å². The quantitative estimate of drug-likeness (QED) is 0.642. The van der Waals surface area contributed by atoms with E-state index >= 15 is 0 Å². The van der Waals surface area contributed by atoms with Crippen molar-refractivity contribution in [1.29, 1.82) is 0 Å². The predicted octanol–water partition coefficient (Wildman–Crippen LogP) is 3.23. The lowest BCUT2D eigenvalue weighted by molar-refractivity contribution is 0.0951. The van der Waals surface area contributed by atoms with Gasteiger partial charge in [0.15, 0.2) is 0 Å². The fraction of sp³-hybridized carbons (Fsp3) is 0.357. The van der Waals surface area contributed by atoms with E-state index in [0.29, 0.717) is 12.1 Å². The maximum Gasteiger partial charge on any atom is 0.255 e. The Morgan fingerprint density at radius 1 is 1.44 bits per heavy atom. The van der Waals surface area contributed by atoms with Crippen molar-refractivity contribution in [2.45, 2.75) is 25.7 Å². The van der Waals surface area contributed by atoms with Crippen LogP contribution in [0, 0.1) is 3.57 Å². The van der Waals surface area contributed by atoms with Crippen LogP contribution in [-0.4, -0.2) is 17.6 Å². The SMILES string of the molecule is O=C(NCCC1=CCCC1)c1cc(I)ccc1O. The monoisotopic (exact) mass is 357 g/mol. The van der Waals surface area contributed by atoms with Crippen molar-refractivity contribution in [2.24, 2.45) is 0 Å². The van der Waals surface area contributed by atoms with Gasteiger partial charge in [-0.15, -0.1) is 0 Å². The molecule has 0 aliphatic heterocycles. The molecule has 96 valence electrons. The summed E-state index contributed by atoms with van der Waals surface area (Å²) in [6.45, 7) is 0.635. The molecule has 0 bridgehead atoms. The molecule has 0 spiro atoms. The van der Waals surface area contributed by atoms with Gasteiger partial charge in [-0.05, 0) is 66.5 Å². The first-order chi connectivity index (χ1) is 8.66. The Kier molecular flexibility index (Phi) is 4.63. The van der Waals surface area contributed by atoms with Crippen LogP contribution in [0.2, 0.25) is 0 Å². The molecule has 18 heavy (non-hydrogen) atoms. The number of allylic oxidation sites excluding steroid dienone is 1. The third-order valence-corrected chi connectivity index (χ3v) is 3.74. The molecule has 0 heterocycles. The van der Waals surface area contributed by atoms with Crippen molar-refractivity contribution in [3.63, 3.8) is 0 Å². The maximum absolute atomic E-state index is 11.9. The van der Waals surface area contributed by atoms with Crippen LogP contribution >= 0.6 is 22.6 Å². The molecule has 1 aromatic rings. The summed E-state index contributed by atoms with van der Waals surface area (Å²) in [5, 5.41) is 12.5. The van der Waals surface area contributed by atoms with Gasteiger partial charge in [0.05, 0.1) is 5.56 Å². The second kappa shape index (κ2) is 6.22. The maximum atomic E-state index is 11.9. The van der Waals surface area contributed by atoms with Crippen molar-refractivity contribution in [1.82, 2.24) is 5.32 Å². The average molecular weight is 357 g/mol. The van der Waals surface area contributed by atoms with E-state index in [1.165, 1.54) is 18.4 Å². The zero-order chi connectivity index (χ0) is 13.0. The molecule has 0 aromatic heterocycles. The van der Waals surface area contributed by atoms with Crippen LogP contribution in [-0.2, 0) is 0 Å². The van der Waals surface area contributed by atoms with E-state index < -0.39 is 0 Å². The lowest BCUT2D eigenvalue weighted by Gasteiger charge is -2.07. The van der Waals surface area contributed by atoms with E-state index in [-0.39, 0.29) is 11.7 Å². The Hall–Kier alpha value is -1.04. The average Bonchev–Trinajstić information content (AvgIpc) is 2.85. The summed E-state index contributed by atoms with van der Waals surface area (Å²) in [5.41, 5.74) is 1.78. The molecule has 1 aliphatic rings. The minimum atomic E-state index is -0.204. The van der Waals surface area contributed by atoms with Gasteiger partial charge in [-0.1, -0.05) is 11.6 Å². The van der Waals surface area contributed by atoms with E-state index in [1.807, 2.05) is 0 Å². The van der Waals surface area contributed by atoms with Gasteiger partial charge in [0.25, 0.3) is 5.91 Å². The van der Waals surface area contributed by atoms with E-state index in [1.54, 1.807) is 18.2 Å². The highest BCUT2D eigenvalue weighted by Gasteiger charge is 2.11. The fourth-order valence-electron chi connectivity index (χ4n) is 2.09. The number of carbonyl (C=O) groups excluding carboxylic acids is 1. The number of aromatic hydroxyl groups is 1. The van der Waals surface area contributed by atoms with Crippen molar-refractivity contribution in [3.05, 3.63) is 39.0 Å². The normalized spacial score (nSPS) is 14.4. The number of hydrogen-bond donors (Lipinski definition) is 2. The van der Waals surface area contributed by atoms with Crippen molar-refractivity contribution < 1.29 is 9.90 Å². The highest BCUT2D eigenvalue weighted by atomic mass is 127. The third-order valence-electron chi connectivity index (χ3n) is 3.07. The topological polar surface area (TPSA) is 49.3 Å². The molecule has 2 rings (SSSR count). The van der Waals surface area contributed by atoms with Crippen molar-refractivity contribution in [2.75, 3.05) is 6.54 Å². The molecule has 1 amide bonds. The number of amides is 1. The summed E-state index contributed by atoms with van der Waals surface area (Å²) in [4.78, 5) is 11.9. The highest BCUT2D eigenvalue weighted by Crippen LogP contribution is 2.21. The molecule has 2 N–H and O–H groups in total. The first-order valence-electron chi connectivity index (χ1n) is 6.11. The molecule has 4 heteroatoms. The summed E-state index contributed by atoms with van der Waals surface area (Å²) >= 11 is 2.12. The van der Waals surface area contributed by atoms with Gasteiger partial charge >= 0.3 is 0 Å². The molecule has 0 fully saturated rings. The minimum Gasteiger partial charge on any atom is -0.507 e. The van der Waals surface area contributed by atoms with Crippen LogP contribution in [0.1, 0.15) is 36.0 Å². The van der Waals surface area contributed by atoms with Gasteiger partial charge in [0.1, 0.15) is 5.75 Å². The smallest absolute Gasteiger partial charge is 0.255 e. The minimum absolute atomic E-state index is 0.0352. The zero-order valence-corrected chi connectivity index (χ0v) is 12.2. The Labute approximate surface area is 120 Å². The van der Waals surface area contributed by atoms with Crippen LogP contribution in [0.5, 0.6) is 5.75 Å². The van der Waals surface area contributed by atoms with E-state index in [2.05, 4.69) is 34.0 Å². The van der Waals surface area contributed by atoms with Gasteiger partial charge < -0.3 is 10.4 Å². The summed E-state index contributed by atoms with van der Waals surface area (Å²) in [6.07, 6.45) is 6.73. The number of nitrogens with one attached hydrogen (secondary N) is 1. The second-order valence-corrected chi connectivity index (χ2v) is 5.67. The van der Waals surface area contributed by atoms with Gasteiger partial charge in [0, 0.05) is 10.1 Å². The Balaban J connectivity index is 1.89. The lowest BCUT2D eigenvalue weighted by Crippen LogP contribution is -2.24. The first kappa shape index (κ1) is 13.4. The molecule has 0 saturated carbocycles. The Morgan fingerprint density at radius 2 is 2.28 bits per heavy atom. The molecule has 1 aliphatic carbocycles. The van der Waals surface area contributed by atoms with Gasteiger partial charge in [-0.25, -0.2) is 0 Å². The second-order valence-electron chi connectivity index (χ2n) is 4.42. The third kappa shape index (κ3) is 3.48. The standard InChI is InChI=1S/C14H16INO2/c15-11-5-6-13(17)12(9-11)14(18)16-8-7-10-3-1-2-4-10/h3,5-6,9,17H,1-2,4,7-8H2,(H,16,18). The van der Waals surface area contributed by atoms with Crippen LogP contribution in [0.25, 0.3) is 0 Å². The number of benzene rings is 1. The number of phenols is 1. The number of phenolic OH excluding ortho intramolecular Hbond substituents is 1. The van der Waals surface area contributed by atoms with Crippen LogP contribution in [0.4, 0.5) is 0 Å². The number of carbonyl (C=O) groups is 1. The summed E-state index contributed by atoms with van der Waals surface area (Å²) in [7, 11) is 0. The van der Waals surface area contributed by atoms with Gasteiger partial charge in [0.2, 0.25) is 0 Å². The first-order valence-corrected chi connectivity index (χ1v) is 7.19. The summed E-state index contributed by atoms with van der Waals surface area (Å²) in [5.74, 6) is -0.169. The molecule has 0 atom stereocenters. The Morgan fingerprint density at radius 3 is 3.00 bits per heavy atom. The van der Waals surface area contributed by atoms with Crippen LogP contribution in [0.15, 0.2) is 29.8 Å². The molecule has 1 aromatic carbocycles. The van der Waals surface area contributed by atoms with E-state index in [0.717, 1.165) is 16.4 Å². The molecule has 3 nitrogen and oxygen atoms in total. The summed E-state index contributed by atoms with van der Waals surface area (Å²) in [6, 6.07) is 5.02. The van der Waals surface area contributed by atoms with Crippen molar-refractivity contribution in [3.8, 4) is 5.75 Å². The molecule has 0 unspecified atom stereocenters. The highest BCUT2D eigenvalue weighted by molar-refractivity contribution is 14.1. The van der Waals surface area contributed by atoms with Gasteiger partial charge in [-0.2, -0.15) is 0 Å². The Bertz CT molecular complexity index is 483. The lowest BCUT2D eigenvalue weighted by atomic mass is 10.1. The van der Waals surface area contributed by atoms with Crippen molar-refractivity contribution >= 4 is 28.5 Å².